The minimum Gasteiger partial charge on any atom is -0.120 e. The Hall–Kier alpha value is -0.440. The van der Waals surface area contributed by atoms with E-state index in [1.165, 1.54) is 6.42 Å². The highest BCUT2D eigenvalue weighted by atomic mass is 14.4. The van der Waals surface area contributed by atoms with Crippen molar-refractivity contribution in [2.24, 2.45) is 11.3 Å². The summed E-state index contributed by atoms with van der Waals surface area (Å²) >= 11 is 0. The zero-order chi connectivity index (χ0) is 6.91. The van der Waals surface area contributed by atoms with Gasteiger partial charge in [-0.2, -0.15) is 0 Å². The quantitative estimate of drug-likeness (QED) is 0.491. The van der Waals surface area contributed by atoms with E-state index in [9.17, 15) is 0 Å². The van der Waals surface area contributed by atoms with Gasteiger partial charge in [-0.1, -0.05) is 13.8 Å². The Labute approximate surface area is 57.7 Å². The molecule has 0 spiro atoms. The van der Waals surface area contributed by atoms with E-state index >= 15 is 0 Å². The van der Waals surface area contributed by atoms with Gasteiger partial charge in [-0.25, -0.2) is 0 Å². The molecule has 0 nitrogen and oxygen atoms in total. The molecule has 1 aliphatic rings. The van der Waals surface area contributed by atoms with E-state index in [-0.39, 0.29) is 0 Å². The summed E-state index contributed by atoms with van der Waals surface area (Å²) in [5, 5.41) is 0. The number of hydrogen-bond donors (Lipinski definition) is 0. The van der Waals surface area contributed by atoms with Gasteiger partial charge in [-0.05, 0) is 24.2 Å². The van der Waals surface area contributed by atoms with Crippen LogP contribution in [-0.2, 0) is 0 Å². The third-order valence-corrected chi connectivity index (χ3v) is 2.03. The highest BCUT2D eigenvalue weighted by Gasteiger charge is 2.36. The molecule has 0 aliphatic heterocycles. The van der Waals surface area contributed by atoms with Crippen molar-refractivity contribution >= 4 is 0 Å². The fourth-order valence-corrected chi connectivity index (χ4v) is 1.10. The van der Waals surface area contributed by atoms with Gasteiger partial charge in [-0.3, -0.25) is 0 Å². The predicted octanol–water partition coefficient (Wildman–Crippen LogP) is 2.26. The van der Waals surface area contributed by atoms with Gasteiger partial charge in [0, 0.05) is 6.42 Å². The fraction of sp³-hybridized carbons (Fsp3) is 0.667. The number of terminal acetylenes is 1. The highest BCUT2D eigenvalue weighted by Crippen LogP contribution is 2.45. The summed E-state index contributed by atoms with van der Waals surface area (Å²) in [6.07, 6.45) is 9.73. The lowest BCUT2D eigenvalue weighted by Crippen LogP contribution is -2.12. The maximum absolute atomic E-state index is 5.22. The molecule has 0 heteroatoms. The molecule has 49 valence electrons. The van der Waals surface area contributed by atoms with Crippen molar-refractivity contribution < 1.29 is 0 Å². The second kappa shape index (κ2) is 2.06. The molecule has 0 N–H and O–H groups in total. The maximum Gasteiger partial charge on any atom is 0.0140 e. The monoisotopic (exact) mass is 121 g/mol. The summed E-state index contributed by atoms with van der Waals surface area (Å²) in [6, 6.07) is 0. The van der Waals surface area contributed by atoms with E-state index in [0.717, 1.165) is 12.3 Å². The van der Waals surface area contributed by atoms with Crippen LogP contribution in [0.3, 0.4) is 0 Å². The van der Waals surface area contributed by atoms with E-state index in [1.807, 2.05) is 0 Å². The van der Waals surface area contributed by atoms with Gasteiger partial charge in [-0.15, -0.1) is 12.3 Å². The predicted molar refractivity (Wildman–Crippen MR) is 39.6 cm³/mol. The molecule has 0 aromatic rings. The van der Waals surface area contributed by atoms with Crippen LogP contribution in [0.25, 0.3) is 0 Å². The van der Waals surface area contributed by atoms with E-state index in [1.54, 1.807) is 0 Å². The molecule has 1 atom stereocenters. The number of rotatable bonds is 2. The van der Waals surface area contributed by atoms with Crippen LogP contribution < -0.4 is 0 Å². The topological polar surface area (TPSA) is 0 Å². The summed E-state index contributed by atoms with van der Waals surface area (Å²) in [7, 11) is 0. The van der Waals surface area contributed by atoms with E-state index in [0.29, 0.717) is 5.41 Å². The first-order chi connectivity index (χ1) is 4.17. The van der Waals surface area contributed by atoms with Crippen LogP contribution in [0.15, 0.2) is 0 Å². The molecule has 0 aromatic heterocycles. The van der Waals surface area contributed by atoms with Gasteiger partial charge in [0.25, 0.3) is 0 Å². The Kier molecular flexibility index (Phi) is 1.53. The highest BCUT2D eigenvalue weighted by molar-refractivity contribution is 5.06. The molecule has 1 rings (SSSR count). The Morgan fingerprint density at radius 2 is 2.33 bits per heavy atom. The Bertz CT molecular complexity index is 133. The second-order valence-electron chi connectivity index (χ2n) is 3.45. The van der Waals surface area contributed by atoms with Crippen LogP contribution in [0.2, 0.25) is 0 Å². The molecule has 1 fully saturated rings. The van der Waals surface area contributed by atoms with Crippen LogP contribution in [-0.4, -0.2) is 0 Å². The minimum absolute atomic E-state index is 0.370. The lowest BCUT2D eigenvalue weighted by molar-refractivity contribution is 0.329. The molecule has 0 saturated heterocycles. The van der Waals surface area contributed by atoms with Gasteiger partial charge in [0.15, 0.2) is 0 Å². The fourth-order valence-electron chi connectivity index (χ4n) is 1.10. The first kappa shape index (κ1) is 6.68. The smallest absolute Gasteiger partial charge is 0.0140 e. The number of hydrogen-bond acceptors (Lipinski definition) is 0. The molecule has 0 bridgehead atoms. The summed E-state index contributed by atoms with van der Waals surface area (Å²) in [4.78, 5) is 0. The maximum atomic E-state index is 5.22. The molecular formula is C9H13. The molecule has 1 saturated carbocycles. The third kappa shape index (κ3) is 1.48. The van der Waals surface area contributed by atoms with E-state index in [2.05, 4.69) is 26.2 Å². The molecule has 1 unspecified atom stereocenters. The molecular weight excluding hydrogens is 108 g/mol. The van der Waals surface area contributed by atoms with Crippen molar-refractivity contribution in [2.45, 2.75) is 26.7 Å². The van der Waals surface area contributed by atoms with Crippen molar-refractivity contribution in [3.8, 4) is 12.3 Å². The SMILES string of the molecule is C#CCC(C)(C)C1[CH]C1. The summed E-state index contributed by atoms with van der Waals surface area (Å²) in [6.45, 7) is 4.47. The second-order valence-corrected chi connectivity index (χ2v) is 3.45. The summed E-state index contributed by atoms with van der Waals surface area (Å²) < 4.78 is 0. The van der Waals surface area contributed by atoms with E-state index in [4.69, 9.17) is 6.42 Å². The van der Waals surface area contributed by atoms with Gasteiger partial charge < -0.3 is 0 Å². The van der Waals surface area contributed by atoms with E-state index < -0.39 is 0 Å². The van der Waals surface area contributed by atoms with Crippen LogP contribution in [0.1, 0.15) is 26.7 Å². The molecule has 1 aliphatic carbocycles. The van der Waals surface area contributed by atoms with Crippen LogP contribution in [0.5, 0.6) is 0 Å². The molecule has 1 radical (unpaired) electrons. The van der Waals surface area contributed by atoms with Crippen molar-refractivity contribution in [1.82, 2.24) is 0 Å². The zero-order valence-corrected chi connectivity index (χ0v) is 6.15. The van der Waals surface area contributed by atoms with Gasteiger partial charge in [0.1, 0.15) is 0 Å². The molecule has 0 amide bonds. The Balaban J connectivity index is 2.41. The average Bonchev–Trinajstić information content (AvgIpc) is 2.41. The lowest BCUT2D eigenvalue weighted by atomic mass is 9.84. The lowest BCUT2D eigenvalue weighted by Gasteiger charge is -2.20. The van der Waals surface area contributed by atoms with Gasteiger partial charge in [0.05, 0.1) is 0 Å². The Morgan fingerprint density at radius 1 is 1.78 bits per heavy atom. The summed E-state index contributed by atoms with van der Waals surface area (Å²) in [5.41, 5.74) is 0.370. The molecule has 0 heterocycles. The van der Waals surface area contributed by atoms with Crippen LogP contribution >= 0.6 is 0 Å². The standard InChI is InChI=1S/C9H13/c1-4-7-9(2,3)8-5-6-8/h1,5,8H,6-7H2,2-3H3. The first-order valence-electron chi connectivity index (χ1n) is 3.43. The third-order valence-electron chi connectivity index (χ3n) is 2.03. The zero-order valence-electron chi connectivity index (χ0n) is 6.15. The van der Waals surface area contributed by atoms with Crippen molar-refractivity contribution in [1.29, 1.82) is 0 Å². The molecule has 9 heavy (non-hydrogen) atoms. The van der Waals surface area contributed by atoms with Crippen molar-refractivity contribution in [3.63, 3.8) is 0 Å². The normalized spacial score (nSPS) is 19.2. The van der Waals surface area contributed by atoms with Gasteiger partial charge in [0.2, 0.25) is 0 Å². The van der Waals surface area contributed by atoms with Gasteiger partial charge >= 0.3 is 0 Å². The molecule has 0 aromatic carbocycles. The van der Waals surface area contributed by atoms with Crippen LogP contribution in [0.4, 0.5) is 0 Å². The first-order valence-corrected chi connectivity index (χ1v) is 3.43. The Morgan fingerprint density at radius 3 is 2.67 bits per heavy atom. The van der Waals surface area contributed by atoms with Crippen LogP contribution in [0, 0.1) is 30.1 Å². The minimum atomic E-state index is 0.370. The van der Waals surface area contributed by atoms with Crippen molar-refractivity contribution in [2.75, 3.05) is 0 Å². The largest absolute Gasteiger partial charge is 0.120 e. The average molecular weight is 121 g/mol. The van der Waals surface area contributed by atoms with Crippen molar-refractivity contribution in [3.05, 3.63) is 6.42 Å². The summed E-state index contributed by atoms with van der Waals surface area (Å²) in [5.74, 6) is 3.51.